The lowest BCUT2D eigenvalue weighted by Gasteiger charge is -2.24. The summed E-state index contributed by atoms with van der Waals surface area (Å²) in [6.07, 6.45) is 2.38. The lowest BCUT2D eigenvalue weighted by Crippen LogP contribution is -2.34. The SMILES string of the molecule is O=C(NCC1CCn2c(C(=O)O)cnc2C1)OCc1ccccc1. The predicted molar refractivity (Wildman–Crippen MR) is 85.6 cm³/mol. The minimum atomic E-state index is -0.963. The predicted octanol–water partition coefficient (Wildman–Crippen LogP) is 2.07. The third-order valence-electron chi connectivity index (χ3n) is 4.14. The van der Waals surface area contributed by atoms with E-state index in [1.54, 1.807) is 4.57 Å². The van der Waals surface area contributed by atoms with Gasteiger partial charge in [-0.25, -0.2) is 14.6 Å². The third kappa shape index (κ3) is 3.73. The maximum Gasteiger partial charge on any atom is 0.407 e. The van der Waals surface area contributed by atoms with Gasteiger partial charge in [-0.1, -0.05) is 30.3 Å². The van der Waals surface area contributed by atoms with Gasteiger partial charge in [-0.2, -0.15) is 0 Å². The van der Waals surface area contributed by atoms with Gasteiger partial charge < -0.3 is 19.7 Å². The summed E-state index contributed by atoms with van der Waals surface area (Å²) in [5.41, 5.74) is 1.16. The van der Waals surface area contributed by atoms with Crippen LogP contribution in [0.25, 0.3) is 0 Å². The van der Waals surface area contributed by atoms with E-state index in [4.69, 9.17) is 9.84 Å². The molecule has 24 heavy (non-hydrogen) atoms. The number of carbonyl (C=O) groups is 2. The molecule has 0 saturated heterocycles. The first-order valence-electron chi connectivity index (χ1n) is 7.85. The fourth-order valence-corrected chi connectivity index (χ4v) is 2.85. The minimum absolute atomic E-state index is 0.221. The molecule has 1 amide bonds. The van der Waals surface area contributed by atoms with Gasteiger partial charge >= 0.3 is 12.1 Å². The smallest absolute Gasteiger partial charge is 0.407 e. The van der Waals surface area contributed by atoms with Crippen LogP contribution in [0.3, 0.4) is 0 Å². The molecular weight excluding hydrogens is 310 g/mol. The molecule has 0 bridgehead atoms. The molecule has 126 valence electrons. The van der Waals surface area contributed by atoms with Crippen LogP contribution in [0.15, 0.2) is 36.5 Å². The number of alkyl carbamates (subject to hydrolysis) is 1. The number of hydrogen-bond acceptors (Lipinski definition) is 4. The van der Waals surface area contributed by atoms with Crippen molar-refractivity contribution < 1.29 is 19.4 Å². The molecule has 0 aliphatic carbocycles. The monoisotopic (exact) mass is 329 g/mol. The second-order valence-electron chi connectivity index (χ2n) is 5.82. The van der Waals surface area contributed by atoms with E-state index >= 15 is 0 Å². The van der Waals surface area contributed by atoms with Crippen LogP contribution >= 0.6 is 0 Å². The number of aromatic nitrogens is 2. The molecule has 2 heterocycles. The van der Waals surface area contributed by atoms with Crippen molar-refractivity contribution in [3.63, 3.8) is 0 Å². The van der Waals surface area contributed by atoms with E-state index in [0.717, 1.165) is 17.8 Å². The first-order valence-corrected chi connectivity index (χ1v) is 7.85. The summed E-state index contributed by atoms with van der Waals surface area (Å²) >= 11 is 0. The zero-order valence-electron chi connectivity index (χ0n) is 13.1. The molecule has 1 aromatic carbocycles. The number of carboxylic acids is 1. The zero-order chi connectivity index (χ0) is 16.9. The highest BCUT2D eigenvalue weighted by Crippen LogP contribution is 2.21. The summed E-state index contributed by atoms with van der Waals surface area (Å²) in [4.78, 5) is 27.0. The number of ether oxygens (including phenoxy) is 1. The molecule has 1 aliphatic heterocycles. The summed E-state index contributed by atoms with van der Waals surface area (Å²) in [5, 5.41) is 11.9. The molecule has 0 fully saturated rings. The Morgan fingerprint density at radius 3 is 2.88 bits per heavy atom. The minimum Gasteiger partial charge on any atom is -0.477 e. The van der Waals surface area contributed by atoms with Crippen LogP contribution in [0.4, 0.5) is 4.79 Å². The van der Waals surface area contributed by atoms with Gasteiger partial charge in [0, 0.05) is 19.5 Å². The highest BCUT2D eigenvalue weighted by molar-refractivity contribution is 5.85. The number of carboxylic acid groups (broad SMARTS) is 1. The second-order valence-corrected chi connectivity index (χ2v) is 5.82. The Morgan fingerprint density at radius 2 is 2.12 bits per heavy atom. The van der Waals surface area contributed by atoms with Crippen molar-refractivity contribution in [1.29, 1.82) is 0 Å². The van der Waals surface area contributed by atoms with Crippen molar-refractivity contribution in [3.05, 3.63) is 53.6 Å². The Hall–Kier alpha value is -2.83. The second kappa shape index (κ2) is 7.16. The molecule has 0 spiro atoms. The number of aromatic carboxylic acids is 1. The molecule has 0 saturated carbocycles. The number of nitrogens with one attached hydrogen (secondary N) is 1. The van der Waals surface area contributed by atoms with Gasteiger partial charge in [-0.15, -0.1) is 0 Å². The van der Waals surface area contributed by atoms with Crippen LogP contribution in [0.1, 0.15) is 28.3 Å². The fourth-order valence-electron chi connectivity index (χ4n) is 2.85. The number of nitrogens with zero attached hydrogens (tertiary/aromatic N) is 2. The molecule has 2 N–H and O–H groups in total. The van der Waals surface area contributed by atoms with Crippen molar-refractivity contribution in [2.75, 3.05) is 6.54 Å². The van der Waals surface area contributed by atoms with Crippen molar-refractivity contribution in [2.45, 2.75) is 26.0 Å². The molecule has 1 atom stereocenters. The topological polar surface area (TPSA) is 93.5 Å². The Bertz CT molecular complexity index is 727. The fraction of sp³-hybridized carbons (Fsp3) is 0.353. The van der Waals surface area contributed by atoms with E-state index in [9.17, 15) is 9.59 Å². The molecule has 2 aromatic rings. The van der Waals surface area contributed by atoms with Gasteiger partial charge in [0.2, 0.25) is 0 Å². The number of amides is 1. The van der Waals surface area contributed by atoms with E-state index in [-0.39, 0.29) is 18.2 Å². The van der Waals surface area contributed by atoms with Crippen LogP contribution in [-0.2, 0) is 24.3 Å². The van der Waals surface area contributed by atoms with Crippen LogP contribution in [0, 0.1) is 5.92 Å². The normalized spacial score (nSPS) is 16.2. The number of hydrogen-bond donors (Lipinski definition) is 2. The Balaban J connectivity index is 1.45. The van der Waals surface area contributed by atoms with Gasteiger partial charge in [0.1, 0.15) is 18.1 Å². The van der Waals surface area contributed by atoms with Crippen LogP contribution in [-0.4, -0.2) is 33.3 Å². The van der Waals surface area contributed by atoms with Gasteiger partial charge in [-0.05, 0) is 17.9 Å². The standard InChI is InChI=1S/C17H19N3O4/c21-16(22)14-10-18-15-8-13(6-7-20(14)15)9-19-17(23)24-11-12-4-2-1-3-5-12/h1-5,10,13H,6-9,11H2,(H,19,23)(H,21,22). The molecular formula is C17H19N3O4. The first-order chi connectivity index (χ1) is 11.6. The van der Waals surface area contributed by atoms with E-state index in [1.807, 2.05) is 30.3 Å². The van der Waals surface area contributed by atoms with Crippen molar-refractivity contribution in [1.82, 2.24) is 14.9 Å². The molecule has 7 nitrogen and oxygen atoms in total. The molecule has 1 aromatic heterocycles. The van der Waals surface area contributed by atoms with Crippen LogP contribution < -0.4 is 5.32 Å². The number of fused-ring (bicyclic) bond motifs is 1. The van der Waals surface area contributed by atoms with Gasteiger partial charge in [-0.3, -0.25) is 0 Å². The van der Waals surface area contributed by atoms with Crippen molar-refractivity contribution in [2.24, 2.45) is 5.92 Å². The largest absolute Gasteiger partial charge is 0.477 e. The average Bonchev–Trinajstić information content (AvgIpc) is 3.02. The van der Waals surface area contributed by atoms with Gasteiger partial charge in [0.25, 0.3) is 0 Å². The Kier molecular flexibility index (Phi) is 4.79. The summed E-state index contributed by atoms with van der Waals surface area (Å²) in [5.74, 6) is 0.0173. The van der Waals surface area contributed by atoms with Gasteiger partial charge in [0.15, 0.2) is 0 Å². The van der Waals surface area contributed by atoms with Crippen LogP contribution in [0.5, 0.6) is 0 Å². The number of carbonyl (C=O) groups excluding carboxylic acids is 1. The quantitative estimate of drug-likeness (QED) is 0.876. The Labute approximate surface area is 139 Å². The van der Waals surface area contributed by atoms with Crippen LogP contribution in [0.2, 0.25) is 0 Å². The van der Waals surface area contributed by atoms with Gasteiger partial charge in [0.05, 0.1) is 6.20 Å². The summed E-state index contributed by atoms with van der Waals surface area (Å²) < 4.78 is 6.90. The van der Waals surface area contributed by atoms with E-state index in [1.165, 1.54) is 6.20 Å². The number of rotatable bonds is 5. The zero-order valence-corrected chi connectivity index (χ0v) is 13.1. The molecule has 1 unspecified atom stereocenters. The highest BCUT2D eigenvalue weighted by atomic mass is 16.5. The summed E-state index contributed by atoms with van der Waals surface area (Å²) in [7, 11) is 0. The molecule has 7 heteroatoms. The third-order valence-corrected chi connectivity index (χ3v) is 4.14. The van der Waals surface area contributed by atoms with E-state index < -0.39 is 12.1 Å². The Morgan fingerprint density at radius 1 is 1.33 bits per heavy atom. The maximum atomic E-state index is 11.8. The lowest BCUT2D eigenvalue weighted by molar-refractivity contribution is 0.0683. The summed E-state index contributed by atoms with van der Waals surface area (Å²) in [6.45, 7) is 1.33. The highest BCUT2D eigenvalue weighted by Gasteiger charge is 2.24. The average molecular weight is 329 g/mol. The molecule has 1 aliphatic rings. The first kappa shape index (κ1) is 16.0. The molecule has 3 rings (SSSR count). The summed E-state index contributed by atoms with van der Waals surface area (Å²) in [6, 6.07) is 9.49. The lowest BCUT2D eigenvalue weighted by atomic mass is 9.98. The van der Waals surface area contributed by atoms with Crippen molar-refractivity contribution in [3.8, 4) is 0 Å². The number of imidazole rings is 1. The van der Waals surface area contributed by atoms with E-state index in [0.29, 0.717) is 19.5 Å². The number of benzene rings is 1. The maximum absolute atomic E-state index is 11.8. The van der Waals surface area contributed by atoms with Crippen molar-refractivity contribution >= 4 is 12.1 Å². The van der Waals surface area contributed by atoms with E-state index in [2.05, 4.69) is 10.3 Å². The molecule has 0 radical (unpaired) electrons.